The van der Waals surface area contributed by atoms with Crippen molar-refractivity contribution in [1.82, 2.24) is 4.90 Å². The summed E-state index contributed by atoms with van der Waals surface area (Å²) in [6.07, 6.45) is 8.54. The van der Waals surface area contributed by atoms with Crippen molar-refractivity contribution in [2.75, 3.05) is 13.1 Å². The number of nitrogens with zero attached hydrogens (tertiary/aromatic N) is 1. The third-order valence-corrected chi connectivity index (χ3v) is 6.10. The van der Waals surface area contributed by atoms with Crippen LogP contribution >= 0.6 is 11.3 Å². The van der Waals surface area contributed by atoms with Crippen molar-refractivity contribution < 1.29 is 0 Å². The smallest absolute Gasteiger partial charge is 0.0566 e. The topological polar surface area (TPSA) is 29.3 Å². The van der Waals surface area contributed by atoms with Crippen LogP contribution in [0.25, 0.3) is 0 Å². The molecule has 0 bridgehead atoms. The lowest BCUT2D eigenvalue weighted by atomic mass is 9.95. The quantitative estimate of drug-likeness (QED) is 0.909. The van der Waals surface area contributed by atoms with Gasteiger partial charge >= 0.3 is 0 Å². The maximum Gasteiger partial charge on any atom is 0.0566 e. The van der Waals surface area contributed by atoms with Crippen molar-refractivity contribution >= 4 is 11.3 Å². The molecular weight excluding hydrogens is 252 g/mol. The van der Waals surface area contributed by atoms with E-state index in [4.69, 9.17) is 5.73 Å². The number of hydrogen-bond acceptors (Lipinski definition) is 3. The fraction of sp³-hybridized carbons (Fsp3) is 0.750. The molecule has 1 saturated carbocycles. The fourth-order valence-corrected chi connectivity index (χ4v) is 5.11. The highest BCUT2D eigenvalue weighted by molar-refractivity contribution is 7.12. The van der Waals surface area contributed by atoms with Crippen LogP contribution in [-0.2, 0) is 0 Å². The summed E-state index contributed by atoms with van der Waals surface area (Å²) in [5, 5.41) is 0. The highest BCUT2D eigenvalue weighted by Crippen LogP contribution is 2.40. The third-order valence-electron chi connectivity index (χ3n) is 5.00. The van der Waals surface area contributed by atoms with Crippen molar-refractivity contribution in [2.45, 2.75) is 57.5 Å². The molecule has 2 N–H and O–H groups in total. The summed E-state index contributed by atoms with van der Waals surface area (Å²) < 4.78 is 0. The Morgan fingerprint density at radius 3 is 2.68 bits per heavy atom. The Balaban J connectivity index is 1.77. The van der Waals surface area contributed by atoms with E-state index >= 15 is 0 Å². The van der Waals surface area contributed by atoms with Gasteiger partial charge in [-0.15, -0.1) is 11.3 Å². The van der Waals surface area contributed by atoms with Gasteiger partial charge in [-0.05, 0) is 57.2 Å². The summed E-state index contributed by atoms with van der Waals surface area (Å²) in [6.45, 7) is 4.21. The molecule has 1 aliphatic carbocycles. The monoisotopic (exact) mass is 278 g/mol. The van der Waals surface area contributed by atoms with Crippen LogP contribution in [-0.4, -0.2) is 24.0 Å². The number of likely N-dealkylation sites (tertiary alicyclic amines) is 1. The zero-order chi connectivity index (χ0) is 13.2. The SMILES string of the molecule is Cc1ccc(C(CN)N2CCCC2C2CCCC2)s1. The Labute approximate surface area is 121 Å². The average molecular weight is 278 g/mol. The molecule has 0 radical (unpaired) electrons. The molecule has 1 aromatic heterocycles. The second-order valence-corrected chi connectivity index (χ2v) is 7.51. The molecule has 1 aliphatic heterocycles. The van der Waals surface area contributed by atoms with Gasteiger partial charge in [0.25, 0.3) is 0 Å². The normalized spacial score (nSPS) is 27.2. The van der Waals surface area contributed by atoms with Gasteiger partial charge in [-0.25, -0.2) is 0 Å². The van der Waals surface area contributed by atoms with E-state index in [9.17, 15) is 0 Å². The molecule has 1 saturated heterocycles. The van der Waals surface area contributed by atoms with Crippen LogP contribution < -0.4 is 5.73 Å². The molecule has 2 unspecified atom stereocenters. The fourth-order valence-electron chi connectivity index (χ4n) is 4.10. The predicted octanol–water partition coefficient (Wildman–Crippen LogP) is 3.71. The molecule has 0 amide bonds. The summed E-state index contributed by atoms with van der Waals surface area (Å²) >= 11 is 1.93. The summed E-state index contributed by atoms with van der Waals surface area (Å²) in [4.78, 5) is 5.62. The molecule has 3 heteroatoms. The number of thiophene rings is 1. The zero-order valence-electron chi connectivity index (χ0n) is 12.0. The van der Waals surface area contributed by atoms with E-state index in [1.54, 1.807) is 0 Å². The van der Waals surface area contributed by atoms with Gasteiger partial charge in [0.05, 0.1) is 6.04 Å². The van der Waals surface area contributed by atoms with E-state index < -0.39 is 0 Å². The zero-order valence-corrected chi connectivity index (χ0v) is 12.8. The highest BCUT2D eigenvalue weighted by Gasteiger charge is 2.37. The average Bonchev–Trinajstić information content (AvgIpc) is 3.10. The van der Waals surface area contributed by atoms with Crippen molar-refractivity contribution in [3.63, 3.8) is 0 Å². The molecule has 1 aromatic rings. The molecule has 2 atom stereocenters. The summed E-state index contributed by atoms with van der Waals surface area (Å²) in [6, 6.07) is 5.80. The molecule has 2 nitrogen and oxygen atoms in total. The van der Waals surface area contributed by atoms with Crippen molar-refractivity contribution in [1.29, 1.82) is 0 Å². The van der Waals surface area contributed by atoms with E-state index in [2.05, 4.69) is 24.0 Å². The molecule has 3 rings (SSSR count). The Kier molecular flexibility index (Phi) is 4.25. The lowest BCUT2D eigenvalue weighted by Crippen LogP contribution is -2.40. The molecule has 2 fully saturated rings. The van der Waals surface area contributed by atoms with Crippen LogP contribution in [0.3, 0.4) is 0 Å². The van der Waals surface area contributed by atoms with E-state index in [1.807, 2.05) is 11.3 Å². The van der Waals surface area contributed by atoms with Crippen LogP contribution in [0.4, 0.5) is 0 Å². The second-order valence-electron chi connectivity index (χ2n) is 6.19. The largest absolute Gasteiger partial charge is 0.329 e. The van der Waals surface area contributed by atoms with Crippen molar-refractivity contribution in [3.8, 4) is 0 Å². The third kappa shape index (κ3) is 2.74. The van der Waals surface area contributed by atoms with Crippen LogP contribution in [0.1, 0.15) is 54.3 Å². The van der Waals surface area contributed by atoms with Gasteiger partial charge in [0.2, 0.25) is 0 Å². The first kappa shape index (κ1) is 13.6. The first-order valence-electron chi connectivity index (χ1n) is 7.81. The standard InChI is InChI=1S/C16H26N2S/c1-12-8-9-16(19-12)15(11-17)18-10-4-7-14(18)13-5-2-3-6-13/h8-9,13-15H,2-7,10-11,17H2,1H3. The molecule has 106 valence electrons. The molecule has 0 spiro atoms. The Morgan fingerprint density at radius 2 is 2.05 bits per heavy atom. The molecule has 19 heavy (non-hydrogen) atoms. The second kappa shape index (κ2) is 5.94. The van der Waals surface area contributed by atoms with Crippen LogP contribution in [0, 0.1) is 12.8 Å². The lowest BCUT2D eigenvalue weighted by Gasteiger charge is -2.35. The van der Waals surface area contributed by atoms with Crippen LogP contribution in [0.2, 0.25) is 0 Å². The van der Waals surface area contributed by atoms with Gasteiger partial charge in [-0.2, -0.15) is 0 Å². The minimum absolute atomic E-state index is 0.465. The summed E-state index contributed by atoms with van der Waals surface area (Å²) in [7, 11) is 0. The van der Waals surface area contributed by atoms with Gasteiger partial charge in [-0.3, -0.25) is 4.90 Å². The van der Waals surface area contributed by atoms with Crippen LogP contribution in [0.5, 0.6) is 0 Å². The minimum atomic E-state index is 0.465. The maximum absolute atomic E-state index is 6.12. The minimum Gasteiger partial charge on any atom is -0.329 e. The van der Waals surface area contributed by atoms with E-state index in [0.29, 0.717) is 6.04 Å². The Morgan fingerprint density at radius 1 is 1.26 bits per heavy atom. The van der Waals surface area contributed by atoms with Gasteiger partial charge in [0.1, 0.15) is 0 Å². The number of aryl methyl sites for hydroxylation is 1. The van der Waals surface area contributed by atoms with Gasteiger partial charge < -0.3 is 5.73 Å². The summed E-state index contributed by atoms with van der Waals surface area (Å²) in [5.41, 5.74) is 6.12. The highest BCUT2D eigenvalue weighted by atomic mass is 32.1. The maximum atomic E-state index is 6.12. The van der Waals surface area contributed by atoms with Crippen molar-refractivity contribution in [3.05, 3.63) is 21.9 Å². The predicted molar refractivity (Wildman–Crippen MR) is 82.5 cm³/mol. The van der Waals surface area contributed by atoms with E-state index in [0.717, 1.165) is 18.5 Å². The van der Waals surface area contributed by atoms with Gasteiger partial charge in [0, 0.05) is 22.3 Å². The summed E-state index contributed by atoms with van der Waals surface area (Å²) in [5.74, 6) is 0.942. The first-order valence-corrected chi connectivity index (χ1v) is 8.63. The Bertz CT molecular complexity index is 409. The molecule has 2 aliphatic rings. The van der Waals surface area contributed by atoms with Crippen molar-refractivity contribution in [2.24, 2.45) is 11.7 Å². The van der Waals surface area contributed by atoms with Gasteiger partial charge in [0.15, 0.2) is 0 Å². The number of nitrogens with two attached hydrogens (primary N) is 1. The van der Waals surface area contributed by atoms with E-state index in [-0.39, 0.29) is 0 Å². The van der Waals surface area contributed by atoms with Gasteiger partial charge in [-0.1, -0.05) is 12.8 Å². The van der Waals surface area contributed by atoms with E-state index in [1.165, 1.54) is 54.8 Å². The first-order chi connectivity index (χ1) is 9.29. The number of hydrogen-bond donors (Lipinski definition) is 1. The number of rotatable bonds is 4. The Hall–Kier alpha value is -0.380. The molecule has 0 aromatic carbocycles. The van der Waals surface area contributed by atoms with Crippen LogP contribution in [0.15, 0.2) is 12.1 Å². The molecular formula is C16H26N2S. The molecule has 2 heterocycles. The lowest BCUT2D eigenvalue weighted by molar-refractivity contribution is 0.140.